The van der Waals surface area contributed by atoms with Crippen molar-refractivity contribution in [2.45, 2.75) is 12.6 Å². The predicted molar refractivity (Wildman–Crippen MR) is 112 cm³/mol. The molecule has 3 aromatic carbocycles. The second-order valence-corrected chi connectivity index (χ2v) is 7.00. The highest BCUT2D eigenvalue weighted by atomic mass is 35.5. The molecule has 0 bridgehead atoms. The molecular formula is C22H17Cl2FN2O2. The lowest BCUT2D eigenvalue weighted by Gasteiger charge is -2.18. The van der Waals surface area contributed by atoms with Gasteiger partial charge < -0.3 is 14.8 Å². The van der Waals surface area contributed by atoms with Crippen LogP contribution in [0.25, 0.3) is 0 Å². The van der Waals surface area contributed by atoms with E-state index in [1.807, 2.05) is 24.3 Å². The van der Waals surface area contributed by atoms with Crippen molar-refractivity contribution in [3.05, 3.63) is 87.7 Å². The van der Waals surface area contributed by atoms with Crippen LogP contribution >= 0.6 is 23.2 Å². The van der Waals surface area contributed by atoms with E-state index >= 15 is 0 Å². The third kappa shape index (κ3) is 5.32. The molecular weight excluding hydrogens is 414 g/mol. The van der Waals surface area contributed by atoms with Crippen molar-refractivity contribution in [3.8, 4) is 17.6 Å². The number of anilines is 1. The molecule has 29 heavy (non-hydrogen) atoms. The predicted octanol–water partition coefficient (Wildman–Crippen LogP) is 6.40. The van der Waals surface area contributed by atoms with Crippen LogP contribution in [-0.2, 0) is 6.61 Å². The minimum atomic E-state index is -0.777. The number of halogens is 3. The van der Waals surface area contributed by atoms with E-state index in [9.17, 15) is 9.65 Å². The summed E-state index contributed by atoms with van der Waals surface area (Å²) in [5, 5.41) is 13.2. The summed E-state index contributed by atoms with van der Waals surface area (Å²) in [6, 6.07) is 18.1. The molecule has 4 nitrogen and oxygen atoms in total. The Hall–Kier alpha value is -2.94. The van der Waals surface area contributed by atoms with Crippen molar-refractivity contribution in [2.75, 3.05) is 12.4 Å². The molecule has 0 aliphatic carbocycles. The molecule has 0 fully saturated rings. The van der Waals surface area contributed by atoms with Crippen LogP contribution in [0.1, 0.15) is 17.2 Å². The number of rotatable bonds is 7. The van der Waals surface area contributed by atoms with Crippen molar-refractivity contribution in [1.82, 2.24) is 0 Å². The number of ether oxygens (including phenoxy) is 2. The molecule has 0 amide bonds. The van der Waals surface area contributed by atoms with Gasteiger partial charge in [-0.1, -0.05) is 35.3 Å². The maximum absolute atomic E-state index is 13.4. The van der Waals surface area contributed by atoms with E-state index in [1.165, 1.54) is 18.2 Å². The molecule has 3 rings (SSSR count). The van der Waals surface area contributed by atoms with Gasteiger partial charge in [0.2, 0.25) is 0 Å². The van der Waals surface area contributed by atoms with Gasteiger partial charge in [0.25, 0.3) is 0 Å². The number of methoxy groups -OCH3 is 1. The van der Waals surface area contributed by atoms with Gasteiger partial charge in [-0.2, -0.15) is 5.26 Å². The highest BCUT2D eigenvalue weighted by molar-refractivity contribution is 6.31. The van der Waals surface area contributed by atoms with E-state index in [1.54, 1.807) is 25.3 Å². The van der Waals surface area contributed by atoms with Crippen molar-refractivity contribution in [1.29, 1.82) is 5.26 Å². The van der Waals surface area contributed by atoms with E-state index in [0.29, 0.717) is 28.6 Å². The molecule has 1 N–H and O–H groups in total. The molecule has 0 heterocycles. The molecule has 0 radical (unpaired) electrons. The zero-order valence-electron chi connectivity index (χ0n) is 15.5. The van der Waals surface area contributed by atoms with Crippen molar-refractivity contribution >= 4 is 28.9 Å². The highest BCUT2D eigenvalue weighted by Gasteiger charge is 2.17. The maximum atomic E-state index is 13.4. The fourth-order valence-corrected chi connectivity index (χ4v) is 3.05. The van der Waals surface area contributed by atoms with Crippen molar-refractivity contribution in [3.63, 3.8) is 0 Å². The van der Waals surface area contributed by atoms with Crippen molar-refractivity contribution < 1.29 is 13.9 Å². The molecule has 1 unspecified atom stereocenters. The number of nitriles is 1. The van der Waals surface area contributed by atoms with Crippen LogP contribution in [0.5, 0.6) is 11.5 Å². The van der Waals surface area contributed by atoms with Crippen LogP contribution in [0.4, 0.5) is 10.1 Å². The largest absolute Gasteiger partial charge is 0.497 e. The van der Waals surface area contributed by atoms with Crippen molar-refractivity contribution in [2.24, 2.45) is 0 Å². The quantitative estimate of drug-likeness (QED) is 0.471. The molecule has 0 saturated carbocycles. The van der Waals surface area contributed by atoms with Gasteiger partial charge in [-0.3, -0.25) is 0 Å². The molecule has 1 atom stereocenters. The lowest BCUT2D eigenvalue weighted by Crippen LogP contribution is -2.11. The fourth-order valence-electron chi connectivity index (χ4n) is 2.69. The molecule has 0 aliphatic heterocycles. The summed E-state index contributed by atoms with van der Waals surface area (Å²) in [5.41, 5.74) is 2.01. The van der Waals surface area contributed by atoms with Crippen LogP contribution in [0.3, 0.4) is 0 Å². The number of hydrogen-bond acceptors (Lipinski definition) is 4. The fraction of sp³-hybridized carbons (Fsp3) is 0.136. The molecule has 0 saturated heterocycles. The second kappa shape index (κ2) is 9.51. The Labute approximate surface area is 178 Å². The zero-order valence-corrected chi connectivity index (χ0v) is 17.0. The first-order valence-corrected chi connectivity index (χ1v) is 9.42. The third-order valence-electron chi connectivity index (χ3n) is 4.20. The standard InChI is InChI=1S/C22H17Cl2FN2O2/c1-28-17-6-2-14(3-7-17)13-29-22-9-4-15(23)10-18(22)21(12-26)27-16-5-8-20(25)19(24)11-16/h2-11,21,27H,13H2,1H3. The van der Waals surface area contributed by atoms with Crippen LogP contribution < -0.4 is 14.8 Å². The van der Waals surface area contributed by atoms with Gasteiger partial charge in [0.15, 0.2) is 0 Å². The van der Waals surface area contributed by atoms with E-state index in [-0.39, 0.29) is 5.02 Å². The Balaban J connectivity index is 1.81. The second-order valence-electron chi connectivity index (χ2n) is 6.15. The van der Waals surface area contributed by atoms with E-state index in [0.717, 1.165) is 11.3 Å². The van der Waals surface area contributed by atoms with Crippen LogP contribution in [-0.4, -0.2) is 7.11 Å². The highest BCUT2D eigenvalue weighted by Crippen LogP contribution is 2.32. The van der Waals surface area contributed by atoms with Gasteiger partial charge in [0.05, 0.1) is 18.2 Å². The number of nitrogens with one attached hydrogen (secondary N) is 1. The number of benzene rings is 3. The first kappa shape index (κ1) is 20.8. The monoisotopic (exact) mass is 430 g/mol. The van der Waals surface area contributed by atoms with Gasteiger partial charge in [0, 0.05) is 16.3 Å². The summed E-state index contributed by atoms with van der Waals surface area (Å²) in [6.07, 6.45) is 0. The average molecular weight is 431 g/mol. The molecule has 0 aromatic heterocycles. The summed E-state index contributed by atoms with van der Waals surface area (Å²) >= 11 is 12.0. The smallest absolute Gasteiger partial charge is 0.143 e. The van der Waals surface area contributed by atoms with Crippen LogP contribution in [0.2, 0.25) is 10.0 Å². The SMILES string of the molecule is COc1ccc(COc2ccc(Cl)cc2C(C#N)Nc2ccc(F)c(Cl)c2)cc1. The van der Waals surface area contributed by atoms with Crippen LogP contribution in [0, 0.1) is 17.1 Å². The van der Waals surface area contributed by atoms with Gasteiger partial charge >= 0.3 is 0 Å². The van der Waals surface area contributed by atoms with Gasteiger partial charge in [-0.05, 0) is 54.1 Å². The Kier molecular flexibility index (Phi) is 6.82. The summed E-state index contributed by atoms with van der Waals surface area (Å²) in [4.78, 5) is 0. The van der Waals surface area contributed by atoms with E-state index in [2.05, 4.69) is 11.4 Å². The zero-order chi connectivity index (χ0) is 20.8. The first-order chi connectivity index (χ1) is 14.0. The Morgan fingerprint density at radius 1 is 1.07 bits per heavy atom. The van der Waals surface area contributed by atoms with Gasteiger partial charge in [-0.15, -0.1) is 0 Å². The lowest BCUT2D eigenvalue weighted by atomic mass is 10.1. The molecule has 7 heteroatoms. The van der Waals surface area contributed by atoms with Gasteiger partial charge in [0.1, 0.15) is 30.0 Å². The minimum Gasteiger partial charge on any atom is -0.497 e. The normalized spacial score (nSPS) is 11.4. The maximum Gasteiger partial charge on any atom is 0.143 e. The molecule has 0 aliphatic rings. The Bertz CT molecular complexity index is 1040. The molecule has 3 aromatic rings. The summed E-state index contributed by atoms with van der Waals surface area (Å²) in [5.74, 6) is 0.738. The summed E-state index contributed by atoms with van der Waals surface area (Å²) in [6.45, 7) is 0.305. The Morgan fingerprint density at radius 3 is 2.48 bits per heavy atom. The lowest BCUT2D eigenvalue weighted by molar-refractivity contribution is 0.302. The minimum absolute atomic E-state index is 0.0336. The van der Waals surface area contributed by atoms with E-state index in [4.69, 9.17) is 32.7 Å². The first-order valence-electron chi connectivity index (χ1n) is 8.66. The van der Waals surface area contributed by atoms with Gasteiger partial charge in [-0.25, -0.2) is 4.39 Å². The number of nitrogens with zero attached hydrogens (tertiary/aromatic N) is 1. The molecule has 148 valence electrons. The summed E-state index contributed by atoms with van der Waals surface area (Å²) in [7, 11) is 1.61. The third-order valence-corrected chi connectivity index (χ3v) is 4.72. The average Bonchev–Trinajstić information content (AvgIpc) is 2.74. The number of hydrogen-bond donors (Lipinski definition) is 1. The van der Waals surface area contributed by atoms with E-state index < -0.39 is 11.9 Å². The van der Waals surface area contributed by atoms with Crippen LogP contribution in [0.15, 0.2) is 60.7 Å². The topological polar surface area (TPSA) is 54.3 Å². The summed E-state index contributed by atoms with van der Waals surface area (Å²) < 4.78 is 24.5. The Morgan fingerprint density at radius 2 is 1.83 bits per heavy atom. The molecule has 0 spiro atoms.